The van der Waals surface area contributed by atoms with Gasteiger partial charge in [-0.2, -0.15) is 0 Å². The Morgan fingerprint density at radius 3 is 2.50 bits per heavy atom. The summed E-state index contributed by atoms with van der Waals surface area (Å²) in [7, 11) is 1.54. The van der Waals surface area contributed by atoms with Gasteiger partial charge in [0.25, 0.3) is 11.6 Å². The first-order valence-corrected chi connectivity index (χ1v) is 9.53. The smallest absolute Gasteiger partial charge is 0.270 e. The third-order valence-corrected chi connectivity index (χ3v) is 4.99. The van der Waals surface area contributed by atoms with Crippen molar-refractivity contribution < 1.29 is 19.2 Å². The fourth-order valence-corrected chi connectivity index (χ4v) is 3.46. The van der Waals surface area contributed by atoms with Gasteiger partial charge in [0, 0.05) is 29.6 Å². The van der Waals surface area contributed by atoms with Gasteiger partial charge < -0.3 is 20.2 Å². The van der Waals surface area contributed by atoms with Gasteiger partial charge in [0.05, 0.1) is 28.8 Å². The highest BCUT2D eigenvalue weighted by molar-refractivity contribution is 6.20. The SMILES string of the molecule is COc1ccc(NC(=O)c2c(N)c(C(=O)c3cccc([N+](=O)[O-])c3)n3ccccc23)cc1. The highest BCUT2D eigenvalue weighted by Crippen LogP contribution is 2.30. The number of methoxy groups -OCH3 is 1. The molecule has 9 heteroatoms. The van der Waals surface area contributed by atoms with E-state index in [-0.39, 0.29) is 28.2 Å². The fraction of sp³-hybridized carbons (Fsp3) is 0.0435. The predicted molar refractivity (Wildman–Crippen MR) is 119 cm³/mol. The lowest BCUT2D eigenvalue weighted by atomic mass is 10.1. The summed E-state index contributed by atoms with van der Waals surface area (Å²) < 4.78 is 6.63. The quantitative estimate of drug-likeness (QED) is 0.271. The normalized spacial score (nSPS) is 10.7. The third-order valence-electron chi connectivity index (χ3n) is 4.99. The molecule has 0 unspecified atom stereocenters. The van der Waals surface area contributed by atoms with E-state index in [1.807, 2.05) is 0 Å². The molecule has 0 aliphatic rings. The molecule has 0 saturated heterocycles. The molecule has 9 nitrogen and oxygen atoms in total. The van der Waals surface area contributed by atoms with E-state index in [1.54, 1.807) is 55.8 Å². The van der Waals surface area contributed by atoms with Crippen LogP contribution in [0.25, 0.3) is 5.52 Å². The number of nitro groups is 1. The molecule has 0 aliphatic carbocycles. The van der Waals surface area contributed by atoms with E-state index in [1.165, 1.54) is 28.7 Å². The zero-order chi connectivity index (χ0) is 22.8. The Labute approximate surface area is 182 Å². The molecule has 32 heavy (non-hydrogen) atoms. The van der Waals surface area contributed by atoms with Crippen LogP contribution in [0.2, 0.25) is 0 Å². The van der Waals surface area contributed by atoms with Crippen molar-refractivity contribution in [2.75, 3.05) is 18.2 Å². The maximum atomic E-state index is 13.3. The molecule has 0 fully saturated rings. The van der Waals surface area contributed by atoms with Crippen LogP contribution in [0.15, 0.2) is 72.9 Å². The molecule has 0 aliphatic heterocycles. The van der Waals surface area contributed by atoms with Crippen molar-refractivity contribution in [3.05, 3.63) is 99.9 Å². The molecule has 3 N–H and O–H groups in total. The lowest BCUT2D eigenvalue weighted by molar-refractivity contribution is -0.384. The van der Waals surface area contributed by atoms with E-state index in [0.29, 0.717) is 17.0 Å². The number of fused-ring (bicyclic) bond motifs is 1. The number of non-ortho nitro benzene ring substituents is 1. The molecule has 4 rings (SSSR count). The van der Waals surface area contributed by atoms with E-state index < -0.39 is 16.6 Å². The molecule has 1 amide bonds. The van der Waals surface area contributed by atoms with E-state index in [9.17, 15) is 19.7 Å². The number of carbonyl (C=O) groups is 2. The van der Waals surface area contributed by atoms with Crippen molar-refractivity contribution in [1.82, 2.24) is 4.40 Å². The molecule has 0 atom stereocenters. The molecule has 0 spiro atoms. The van der Waals surface area contributed by atoms with Crippen molar-refractivity contribution in [2.24, 2.45) is 0 Å². The van der Waals surface area contributed by atoms with Crippen molar-refractivity contribution in [1.29, 1.82) is 0 Å². The first kappa shape index (κ1) is 20.6. The lowest BCUT2D eigenvalue weighted by Crippen LogP contribution is -2.14. The monoisotopic (exact) mass is 430 g/mol. The van der Waals surface area contributed by atoms with E-state index in [2.05, 4.69) is 5.32 Å². The number of nitrogens with zero attached hydrogens (tertiary/aromatic N) is 2. The Balaban J connectivity index is 1.78. The maximum Gasteiger partial charge on any atom is 0.270 e. The van der Waals surface area contributed by atoms with E-state index >= 15 is 0 Å². The highest BCUT2D eigenvalue weighted by Gasteiger charge is 2.27. The Morgan fingerprint density at radius 1 is 1.06 bits per heavy atom. The summed E-state index contributed by atoms with van der Waals surface area (Å²) in [6, 6.07) is 17.2. The lowest BCUT2D eigenvalue weighted by Gasteiger charge is -2.07. The van der Waals surface area contributed by atoms with E-state index in [0.717, 1.165) is 0 Å². The Hall–Kier alpha value is -4.66. The molecule has 0 radical (unpaired) electrons. The second kappa shape index (κ2) is 8.23. The Kier molecular flexibility index (Phi) is 5.30. The van der Waals surface area contributed by atoms with Crippen LogP contribution in [-0.4, -0.2) is 28.1 Å². The summed E-state index contributed by atoms with van der Waals surface area (Å²) in [5.41, 5.74) is 7.31. The second-order valence-corrected chi connectivity index (χ2v) is 6.91. The molecule has 4 aromatic rings. The molecular weight excluding hydrogens is 412 g/mol. The van der Waals surface area contributed by atoms with Crippen LogP contribution >= 0.6 is 0 Å². The third kappa shape index (κ3) is 3.63. The van der Waals surface area contributed by atoms with Gasteiger partial charge in [-0.3, -0.25) is 19.7 Å². The number of rotatable bonds is 6. The molecule has 0 bridgehead atoms. The molecule has 2 aromatic carbocycles. The number of benzene rings is 2. The van der Waals surface area contributed by atoms with Gasteiger partial charge in [-0.25, -0.2) is 0 Å². The predicted octanol–water partition coefficient (Wildman–Crippen LogP) is 3.92. The van der Waals surface area contributed by atoms with Crippen LogP contribution in [0.1, 0.15) is 26.4 Å². The first-order chi connectivity index (χ1) is 15.4. The summed E-state index contributed by atoms with van der Waals surface area (Å²) >= 11 is 0. The van der Waals surface area contributed by atoms with Crippen molar-refractivity contribution in [3.8, 4) is 5.75 Å². The van der Waals surface area contributed by atoms with Crippen LogP contribution in [0.5, 0.6) is 5.75 Å². The zero-order valence-corrected chi connectivity index (χ0v) is 16.9. The van der Waals surface area contributed by atoms with Crippen molar-refractivity contribution >= 4 is 34.3 Å². The Morgan fingerprint density at radius 2 is 1.81 bits per heavy atom. The maximum absolute atomic E-state index is 13.3. The number of hydrogen-bond acceptors (Lipinski definition) is 6. The minimum atomic E-state index is -0.579. The Bertz CT molecular complexity index is 1360. The van der Waals surface area contributed by atoms with Gasteiger partial charge in [0.2, 0.25) is 5.78 Å². The number of anilines is 2. The standard InChI is InChI=1S/C23H18N4O5/c1-32-17-10-8-15(9-11-17)25-23(29)19-18-7-2-3-12-26(18)21(20(19)24)22(28)14-5-4-6-16(13-14)27(30)31/h2-13H,24H2,1H3,(H,25,29). The van der Waals surface area contributed by atoms with Gasteiger partial charge in [-0.15, -0.1) is 0 Å². The number of nitrogen functional groups attached to an aromatic ring is 1. The first-order valence-electron chi connectivity index (χ1n) is 9.53. The van der Waals surface area contributed by atoms with E-state index in [4.69, 9.17) is 10.5 Å². The second-order valence-electron chi connectivity index (χ2n) is 6.91. The fourth-order valence-electron chi connectivity index (χ4n) is 3.46. The van der Waals surface area contributed by atoms with Crippen LogP contribution in [0, 0.1) is 10.1 Å². The number of ether oxygens (including phenoxy) is 1. The summed E-state index contributed by atoms with van der Waals surface area (Å²) in [6.45, 7) is 0. The van der Waals surface area contributed by atoms with Crippen molar-refractivity contribution in [2.45, 2.75) is 0 Å². The summed E-state index contributed by atoms with van der Waals surface area (Å²) in [5.74, 6) is -0.382. The highest BCUT2D eigenvalue weighted by atomic mass is 16.6. The molecule has 160 valence electrons. The summed E-state index contributed by atoms with van der Waals surface area (Å²) in [6.07, 6.45) is 1.61. The number of nitro benzene ring substituents is 1. The van der Waals surface area contributed by atoms with Crippen LogP contribution < -0.4 is 15.8 Å². The van der Waals surface area contributed by atoms with Gasteiger partial charge in [0.1, 0.15) is 11.4 Å². The van der Waals surface area contributed by atoms with Crippen LogP contribution in [-0.2, 0) is 0 Å². The van der Waals surface area contributed by atoms with Gasteiger partial charge >= 0.3 is 0 Å². The number of amides is 1. The number of carbonyl (C=O) groups excluding carboxylic acids is 2. The average Bonchev–Trinajstić information content (AvgIpc) is 3.10. The van der Waals surface area contributed by atoms with Crippen molar-refractivity contribution in [3.63, 3.8) is 0 Å². The van der Waals surface area contributed by atoms with Crippen LogP contribution in [0.3, 0.4) is 0 Å². The number of pyridine rings is 1. The zero-order valence-electron chi connectivity index (χ0n) is 16.9. The minimum Gasteiger partial charge on any atom is -0.497 e. The number of hydrogen-bond donors (Lipinski definition) is 2. The van der Waals surface area contributed by atoms with Crippen LogP contribution in [0.4, 0.5) is 17.1 Å². The summed E-state index contributed by atoms with van der Waals surface area (Å²) in [5, 5.41) is 13.9. The van der Waals surface area contributed by atoms with Gasteiger partial charge in [0.15, 0.2) is 0 Å². The number of aromatic nitrogens is 1. The molecule has 2 aromatic heterocycles. The summed E-state index contributed by atoms with van der Waals surface area (Å²) in [4.78, 5) is 36.9. The average molecular weight is 430 g/mol. The molecule has 2 heterocycles. The molecular formula is C23H18N4O5. The topological polar surface area (TPSA) is 129 Å². The largest absolute Gasteiger partial charge is 0.497 e. The number of ketones is 1. The van der Waals surface area contributed by atoms with Gasteiger partial charge in [-0.05, 0) is 36.4 Å². The van der Waals surface area contributed by atoms with Gasteiger partial charge in [-0.1, -0.05) is 18.2 Å². The number of nitrogens with one attached hydrogen (secondary N) is 1. The number of nitrogens with two attached hydrogens (primary N) is 1. The minimum absolute atomic E-state index is 0.0151. The molecule has 0 saturated carbocycles.